The summed E-state index contributed by atoms with van der Waals surface area (Å²) in [5.74, 6) is 4.99. The summed E-state index contributed by atoms with van der Waals surface area (Å²) in [7, 11) is 0. The third kappa shape index (κ3) is 1.16. The average molecular weight is 133 g/mol. The van der Waals surface area contributed by atoms with Crippen LogP contribution in [0.4, 0.5) is 8.78 Å². The van der Waals surface area contributed by atoms with Crippen LogP contribution in [0.1, 0.15) is 12.1 Å². The zero-order chi connectivity index (χ0) is 6.85. The second-order valence-corrected chi connectivity index (χ2v) is 1.52. The van der Waals surface area contributed by atoms with Gasteiger partial charge in [0.05, 0.1) is 0 Å². The van der Waals surface area contributed by atoms with Crippen molar-refractivity contribution in [2.45, 2.75) is 6.43 Å². The van der Waals surface area contributed by atoms with Crippen molar-refractivity contribution >= 4 is 0 Å². The fraction of sp³-hybridized carbons (Fsp3) is 0.250. The minimum Gasteiger partial charge on any atom is -0.323 e. The van der Waals surface area contributed by atoms with Crippen LogP contribution >= 0.6 is 0 Å². The van der Waals surface area contributed by atoms with E-state index < -0.39 is 6.43 Å². The zero-order valence-electron chi connectivity index (χ0n) is 4.46. The predicted molar refractivity (Wildman–Crippen MR) is 27.3 cm³/mol. The number of nitrogen functional groups attached to an aromatic ring is 1. The molecule has 0 spiro atoms. The van der Waals surface area contributed by atoms with Gasteiger partial charge in [0, 0.05) is 6.20 Å². The lowest BCUT2D eigenvalue weighted by atomic mass is 10.5. The van der Waals surface area contributed by atoms with Gasteiger partial charge in [0.15, 0.2) is 0 Å². The molecule has 0 amide bonds. The van der Waals surface area contributed by atoms with Crippen LogP contribution < -0.4 is 5.84 Å². The summed E-state index contributed by atoms with van der Waals surface area (Å²) in [6.45, 7) is 0. The molecule has 0 aliphatic rings. The Morgan fingerprint density at radius 2 is 2.33 bits per heavy atom. The van der Waals surface area contributed by atoms with E-state index >= 15 is 0 Å². The first-order valence-electron chi connectivity index (χ1n) is 2.29. The largest absolute Gasteiger partial charge is 0.323 e. The molecule has 9 heavy (non-hydrogen) atoms. The molecule has 0 saturated carbocycles. The van der Waals surface area contributed by atoms with Crippen LogP contribution in [0.15, 0.2) is 12.3 Å². The van der Waals surface area contributed by atoms with Crippen molar-refractivity contribution in [2.24, 2.45) is 0 Å². The first-order chi connectivity index (χ1) is 4.20. The van der Waals surface area contributed by atoms with Gasteiger partial charge in [-0.2, -0.15) is 9.89 Å². The van der Waals surface area contributed by atoms with Crippen molar-refractivity contribution in [2.75, 3.05) is 5.84 Å². The quantitative estimate of drug-likeness (QED) is 0.568. The molecule has 5 heteroatoms. The van der Waals surface area contributed by atoms with Crippen molar-refractivity contribution in [1.29, 1.82) is 0 Å². The maximum Gasteiger partial charge on any atom is 0.282 e. The van der Waals surface area contributed by atoms with Crippen LogP contribution in [0.2, 0.25) is 0 Å². The molecule has 3 nitrogen and oxygen atoms in total. The molecule has 1 rings (SSSR count). The summed E-state index contributed by atoms with van der Waals surface area (Å²) >= 11 is 0. The van der Waals surface area contributed by atoms with E-state index in [1.54, 1.807) is 0 Å². The van der Waals surface area contributed by atoms with E-state index in [0.29, 0.717) is 0 Å². The van der Waals surface area contributed by atoms with Crippen molar-refractivity contribution in [1.82, 2.24) is 9.89 Å². The van der Waals surface area contributed by atoms with Gasteiger partial charge < -0.3 is 5.84 Å². The summed E-state index contributed by atoms with van der Waals surface area (Å²) in [6, 6.07) is 1.17. The highest BCUT2D eigenvalue weighted by atomic mass is 19.3. The highest BCUT2D eigenvalue weighted by Crippen LogP contribution is 2.14. The van der Waals surface area contributed by atoms with Gasteiger partial charge in [0.25, 0.3) is 6.43 Å². The Kier molecular flexibility index (Phi) is 1.33. The Morgan fingerprint density at radius 1 is 1.67 bits per heavy atom. The Hall–Kier alpha value is -1.13. The van der Waals surface area contributed by atoms with Gasteiger partial charge >= 0.3 is 0 Å². The number of nitrogens with zero attached hydrogens (tertiary/aromatic N) is 2. The summed E-state index contributed by atoms with van der Waals surface area (Å²) in [5.41, 5.74) is -0.294. The van der Waals surface area contributed by atoms with E-state index in [1.807, 2.05) is 0 Å². The lowest BCUT2D eigenvalue weighted by Crippen LogP contribution is -2.08. The van der Waals surface area contributed by atoms with Gasteiger partial charge in [-0.1, -0.05) is 0 Å². The molecule has 1 aromatic heterocycles. The second-order valence-electron chi connectivity index (χ2n) is 1.52. The molecule has 0 radical (unpaired) electrons. The van der Waals surface area contributed by atoms with Crippen LogP contribution in [0.25, 0.3) is 0 Å². The van der Waals surface area contributed by atoms with Crippen molar-refractivity contribution in [3.63, 3.8) is 0 Å². The van der Waals surface area contributed by atoms with Crippen molar-refractivity contribution in [3.8, 4) is 0 Å². The fourth-order valence-corrected chi connectivity index (χ4v) is 0.469. The fourth-order valence-electron chi connectivity index (χ4n) is 0.469. The summed E-state index contributed by atoms with van der Waals surface area (Å²) in [6.07, 6.45) is -1.27. The minimum absolute atomic E-state index is 0.294. The van der Waals surface area contributed by atoms with E-state index in [0.717, 1.165) is 4.79 Å². The first kappa shape index (κ1) is 6.00. The molecule has 0 saturated heterocycles. The van der Waals surface area contributed by atoms with E-state index in [9.17, 15) is 8.78 Å². The first-order valence-corrected chi connectivity index (χ1v) is 2.29. The molecule has 50 valence electrons. The van der Waals surface area contributed by atoms with Crippen molar-refractivity contribution in [3.05, 3.63) is 18.0 Å². The van der Waals surface area contributed by atoms with Crippen LogP contribution in [0.3, 0.4) is 0 Å². The number of aromatic nitrogens is 2. The molecular weight excluding hydrogens is 128 g/mol. The highest BCUT2D eigenvalue weighted by molar-refractivity contribution is 4.99. The lowest BCUT2D eigenvalue weighted by Gasteiger charge is -1.88. The Labute approximate surface area is 50.0 Å². The van der Waals surface area contributed by atoms with Gasteiger partial charge in [0.1, 0.15) is 5.69 Å². The monoisotopic (exact) mass is 133 g/mol. The highest BCUT2D eigenvalue weighted by Gasteiger charge is 2.08. The van der Waals surface area contributed by atoms with Crippen LogP contribution in [0, 0.1) is 0 Å². The third-order valence-electron chi connectivity index (χ3n) is 0.853. The maximum absolute atomic E-state index is 11.6. The average Bonchev–Trinajstić information content (AvgIpc) is 2.14. The van der Waals surface area contributed by atoms with Crippen LogP contribution in [-0.2, 0) is 0 Å². The number of nitrogens with two attached hydrogens (primary N) is 1. The standard InChI is InChI=1S/C4H5F2N3/c5-4(6)3-1-2-9(7)8-3/h1-2,4H,7H2. The molecule has 1 aromatic rings. The van der Waals surface area contributed by atoms with E-state index in [-0.39, 0.29) is 5.69 Å². The van der Waals surface area contributed by atoms with E-state index in [1.165, 1.54) is 12.3 Å². The summed E-state index contributed by atoms with van der Waals surface area (Å²) in [5, 5.41) is 3.25. The maximum atomic E-state index is 11.6. The second kappa shape index (κ2) is 2.00. The van der Waals surface area contributed by atoms with E-state index in [2.05, 4.69) is 5.10 Å². The molecule has 2 N–H and O–H groups in total. The normalized spacial score (nSPS) is 10.6. The van der Waals surface area contributed by atoms with Gasteiger partial charge in [-0.15, -0.1) is 0 Å². The molecule has 0 unspecified atom stereocenters. The Morgan fingerprint density at radius 3 is 2.56 bits per heavy atom. The molecule has 0 atom stereocenters. The van der Waals surface area contributed by atoms with Gasteiger partial charge in [0.2, 0.25) is 0 Å². The Bertz CT molecular complexity index is 195. The lowest BCUT2D eigenvalue weighted by molar-refractivity contribution is 0.145. The Balaban J connectivity index is 2.85. The number of hydrogen-bond donors (Lipinski definition) is 1. The molecule has 0 fully saturated rings. The smallest absolute Gasteiger partial charge is 0.282 e. The van der Waals surface area contributed by atoms with Crippen LogP contribution in [-0.4, -0.2) is 9.89 Å². The number of halogens is 2. The van der Waals surface area contributed by atoms with Crippen LogP contribution in [0.5, 0.6) is 0 Å². The predicted octanol–water partition coefficient (Wildman–Crippen LogP) is 0.534. The van der Waals surface area contributed by atoms with E-state index in [4.69, 9.17) is 5.84 Å². The van der Waals surface area contributed by atoms with Gasteiger partial charge in [-0.25, -0.2) is 8.78 Å². The molecule has 0 aliphatic heterocycles. The van der Waals surface area contributed by atoms with Gasteiger partial charge in [-0.3, -0.25) is 0 Å². The minimum atomic E-state index is -2.53. The molecular formula is C4H5F2N3. The number of rotatable bonds is 1. The molecule has 0 aromatic carbocycles. The summed E-state index contributed by atoms with van der Waals surface area (Å²) in [4.78, 5) is 0.849. The third-order valence-corrected chi connectivity index (χ3v) is 0.853. The zero-order valence-corrected chi connectivity index (χ0v) is 4.46. The molecule has 1 heterocycles. The molecule has 0 bridgehead atoms. The van der Waals surface area contributed by atoms with Crippen molar-refractivity contribution < 1.29 is 8.78 Å². The van der Waals surface area contributed by atoms with Gasteiger partial charge in [-0.05, 0) is 6.07 Å². The molecule has 0 aliphatic carbocycles. The number of hydrogen-bond acceptors (Lipinski definition) is 2. The number of alkyl halides is 2. The summed E-state index contributed by atoms with van der Waals surface area (Å²) < 4.78 is 23.3. The topological polar surface area (TPSA) is 43.8 Å². The SMILES string of the molecule is Nn1ccc(C(F)F)n1.